The first-order valence-electron chi connectivity index (χ1n) is 6.89. The third-order valence-electron chi connectivity index (χ3n) is 3.33. The summed E-state index contributed by atoms with van der Waals surface area (Å²) in [5.41, 5.74) is 0.848. The second kappa shape index (κ2) is 7.00. The van der Waals surface area contributed by atoms with Crippen LogP contribution in [-0.4, -0.2) is 30.0 Å². The van der Waals surface area contributed by atoms with Crippen molar-refractivity contribution in [3.8, 4) is 9.88 Å². The van der Waals surface area contributed by atoms with Crippen molar-refractivity contribution in [2.45, 2.75) is 25.3 Å². The number of thiophene rings is 1. The van der Waals surface area contributed by atoms with Crippen molar-refractivity contribution < 1.29 is 4.79 Å². The van der Waals surface area contributed by atoms with Crippen LogP contribution >= 0.6 is 38.6 Å². The summed E-state index contributed by atoms with van der Waals surface area (Å²) < 4.78 is 1.07. The molecule has 1 unspecified atom stereocenters. The number of carbonyl (C=O) groups excluding carboxylic acids is 1. The number of halogens is 1. The van der Waals surface area contributed by atoms with Gasteiger partial charge in [-0.15, -0.1) is 22.7 Å². The van der Waals surface area contributed by atoms with Gasteiger partial charge in [-0.2, -0.15) is 0 Å². The fraction of sp³-hybridized carbons (Fsp3) is 0.429. The van der Waals surface area contributed by atoms with E-state index in [9.17, 15) is 4.79 Å². The molecular formula is C14H16BrN3OS2. The number of nitrogens with zero attached hydrogens (tertiary/aromatic N) is 1. The Bertz CT molecular complexity index is 619. The quantitative estimate of drug-likeness (QED) is 0.849. The van der Waals surface area contributed by atoms with E-state index in [4.69, 9.17) is 0 Å². The monoisotopic (exact) mass is 385 g/mol. The van der Waals surface area contributed by atoms with E-state index in [1.807, 2.05) is 10.8 Å². The zero-order valence-corrected chi connectivity index (χ0v) is 14.6. The van der Waals surface area contributed by atoms with Gasteiger partial charge in [-0.1, -0.05) is 0 Å². The number of amides is 1. The Hall–Kier alpha value is -0.760. The molecule has 112 valence electrons. The Morgan fingerprint density at radius 3 is 3.10 bits per heavy atom. The Labute approximate surface area is 140 Å². The number of rotatable bonds is 4. The van der Waals surface area contributed by atoms with E-state index in [2.05, 4.69) is 37.6 Å². The summed E-state index contributed by atoms with van der Waals surface area (Å²) >= 11 is 6.69. The summed E-state index contributed by atoms with van der Waals surface area (Å²) in [6, 6.07) is 2.32. The average Bonchev–Trinajstić information content (AvgIpc) is 3.09. The highest BCUT2D eigenvalue weighted by Crippen LogP contribution is 2.32. The van der Waals surface area contributed by atoms with E-state index in [-0.39, 0.29) is 11.9 Å². The summed E-state index contributed by atoms with van der Waals surface area (Å²) in [6.07, 6.45) is 2.54. The van der Waals surface area contributed by atoms with Crippen LogP contribution in [0.5, 0.6) is 0 Å². The first kappa shape index (κ1) is 15.1. The highest BCUT2D eigenvalue weighted by atomic mass is 79.9. The molecule has 0 aliphatic carbocycles. The molecule has 0 aromatic carbocycles. The first-order valence-corrected chi connectivity index (χ1v) is 9.45. The molecule has 21 heavy (non-hydrogen) atoms. The number of carbonyl (C=O) groups is 1. The lowest BCUT2D eigenvalue weighted by Gasteiger charge is -2.23. The zero-order chi connectivity index (χ0) is 14.7. The summed E-state index contributed by atoms with van der Waals surface area (Å²) in [6.45, 7) is 1.93. The molecule has 1 saturated heterocycles. The van der Waals surface area contributed by atoms with Crippen LogP contribution in [0.15, 0.2) is 21.3 Å². The topological polar surface area (TPSA) is 54.0 Å². The number of hydrogen-bond donors (Lipinski definition) is 2. The van der Waals surface area contributed by atoms with E-state index < -0.39 is 0 Å². The van der Waals surface area contributed by atoms with Crippen molar-refractivity contribution in [2.75, 3.05) is 13.1 Å². The minimum Gasteiger partial charge on any atom is -0.352 e. The van der Waals surface area contributed by atoms with Crippen LogP contribution in [-0.2, 0) is 11.2 Å². The maximum atomic E-state index is 12.1. The van der Waals surface area contributed by atoms with Crippen LogP contribution in [0.25, 0.3) is 9.88 Å². The Morgan fingerprint density at radius 1 is 1.48 bits per heavy atom. The lowest BCUT2D eigenvalue weighted by molar-refractivity contribution is -0.121. The molecule has 0 radical (unpaired) electrons. The molecule has 2 aromatic rings. The van der Waals surface area contributed by atoms with Crippen molar-refractivity contribution in [1.82, 2.24) is 15.6 Å². The van der Waals surface area contributed by atoms with Crippen LogP contribution in [0.3, 0.4) is 0 Å². The van der Waals surface area contributed by atoms with E-state index in [1.54, 1.807) is 22.7 Å². The lowest BCUT2D eigenvalue weighted by Crippen LogP contribution is -2.46. The molecule has 0 spiro atoms. The first-order chi connectivity index (χ1) is 10.2. The SMILES string of the molecule is O=C(Cc1csc(-c2cc(Br)cs2)n1)NC1CCCNC1. The zero-order valence-electron chi connectivity index (χ0n) is 11.4. The second-order valence-corrected chi connectivity index (χ2v) is 7.75. The van der Waals surface area contributed by atoms with Crippen LogP contribution < -0.4 is 10.6 Å². The van der Waals surface area contributed by atoms with Crippen molar-refractivity contribution >= 4 is 44.5 Å². The standard InChI is InChI=1S/C14H16BrN3OS2/c15-9-4-12(20-7-9)14-18-11(8-21-14)5-13(19)17-10-2-1-3-16-6-10/h4,7-8,10,16H,1-3,5-6H2,(H,17,19). The summed E-state index contributed by atoms with van der Waals surface area (Å²) in [4.78, 5) is 17.7. The van der Waals surface area contributed by atoms with Crippen molar-refractivity contribution in [3.05, 3.63) is 27.0 Å². The number of thiazole rings is 1. The van der Waals surface area contributed by atoms with E-state index >= 15 is 0 Å². The van der Waals surface area contributed by atoms with Gasteiger partial charge in [-0.25, -0.2) is 4.98 Å². The van der Waals surface area contributed by atoms with Gasteiger partial charge < -0.3 is 10.6 Å². The van der Waals surface area contributed by atoms with Gasteiger partial charge in [-0.05, 0) is 41.4 Å². The molecule has 2 N–H and O–H groups in total. The number of piperidine rings is 1. The van der Waals surface area contributed by atoms with E-state index in [0.29, 0.717) is 6.42 Å². The highest BCUT2D eigenvalue weighted by Gasteiger charge is 2.16. The highest BCUT2D eigenvalue weighted by molar-refractivity contribution is 9.10. The molecule has 2 aromatic heterocycles. The lowest BCUT2D eigenvalue weighted by atomic mass is 10.1. The Kier molecular flexibility index (Phi) is 5.05. The summed E-state index contributed by atoms with van der Waals surface area (Å²) in [5.74, 6) is 0.0629. The van der Waals surface area contributed by atoms with Gasteiger partial charge in [0.15, 0.2) is 0 Å². The Morgan fingerprint density at radius 2 is 2.38 bits per heavy atom. The van der Waals surface area contributed by atoms with Crippen molar-refractivity contribution in [2.24, 2.45) is 0 Å². The van der Waals surface area contributed by atoms with Crippen LogP contribution in [0.1, 0.15) is 18.5 Å². The van der Waals surface area contributed by atoms with Gasteiger partial charge in [-0.3, -0.25) is 4.79 Å². The predicted molar refractivity (Wildman–Crippen MR) is 90.9 cm³/mol. The third-order valence-corrected chi connectivity index (χ3v) is 6.09. The maximum absolute atomic E-state index is 12.1. The van der Waals surface area contributed by atoms with Crippen LogP contribution in [0.4, 0.5) is 0 Å². The van der Waals surface area contributed by atoms with Crippen LogP contribution in [0, 0.1) is 0 Å². The van der Waals surface area contributed by atoms with Gasteiger partial charge in [0.05, 0.1) is 17.0 Å². The summed E-state index contributed by atoms with van der Waals surface area (Å²) in [7, 11) is 0. The molecular weight excluding hydrogens is 370 g/mol. The van der Waals surface area contributed by atoms with Crippen LogP contribution in [0.2, 0.25) is 0 Å². The van der Waals surface area contributed by atoms with Gasteiger partial charge in [0.25, 0.3) is 0 Å². The fourth-order valence-electron chi connectivity index (χ4n) is 2.34. The molecule has 3 rings (SSSR count). The Balaban J connectivity index is 1.57. The molecule has 1 amide bonds. The summed E-state index contributed by atoms with van der Waals surface area (Å²) in [5, 5.41) is 11.4. The fourth-order valence-corrected chi connectivity index (χ4v) is 4.67. The van der Waals surface area contributed by atoms with Gasteiger partial charge in [0, 0.05) is 27.8 Å². The molecule has 1 fully saturated rings. The molecule has 7 heteroatoms. The average molecular weight is 386 g/mol. The minimum atomic E-state index is 0.0629. The van der Waals surface area contributed by atoms with Gasteiger partial charge >= 0.3 is 0 Å². The molecule has 0 bridgehead atoms. The molecule has 1 atom stereocenters. The van der Waals surface area contributed by atoms with Gasteiger partial charge in [0.1, 0.15) is 5.01 Å². The molecule has 1 aliphatic heterocycles. The van der Waals surface area contributed by atoms with Gasteiger partial charge in [0.2, 0.25) is 5.91 Å². The molecule has 0 saturated carbocycles. The smallest absolute Gasteiger partial charge is 0.226 e. The molecule has 1 aliphatic rings. The predicted octanol–water partition coefficient (Wildman–Crippen LogP) is 3.04. The van der Waals surface area contributed by atoms with E-state index in [1.165, 1.54) is 0 Å². The second-order valence-electron chi connectivity index (χ2n) is 5.06. The molecule has 3 heterocycles. The number of hydrogen-bond acceptors (Lipinski definition) is 5. The minimum absolute atomic E-state index is 0.0629. The van der Waals surface area contributed by atoms with Crippen molar-refractivity contribution in [3.63, 3.8) is 0 Å². The van der Waals surface area contributed by atoms with E-state index in [0.717, 1.165) is 46.0 Å². The molecule has 4 nitrogen and oxygen atoms in total. The maximum Gasteiger partial charge on any atom is 0.226 e. The largest absolute Gasteiger partial charge is 0.352 e. The normalized spacial score (nSPS) is 18.6. The van der Waals surface area contributed by atoms with Crippen molar-refractivity contribution in [1.29, 1.82) is 0 Å². The number of nitrogens with one attached hydrogen (secondary N) is 2. The third kappa shape index (κ3) is 4.12. The number of aromatic nitrogens is 1.